The summed E-state index contributed by atoms with van der Waals surface area (Å²) in [5, 5.41) is 0. The van der Waals surface area contributed by atoms with E-state index in [-0.39, 0.29) is 5.41 Å². The first kappa shape index (κ1) is 49.6. The number of hydrogen-bond donors (Lipinski definition) is 0. The fraction of sp³-hybridized carbons (Fsp3) is 0.281. The number of hydrogen-bond acceptors (Lipinski definition) is 7. The average Bonchev–Trinajstić information content (AvgIpc) is 3.69. The number of rotatable bonds is 25. The maximum absolute atomic E-state index is 6.48. The van der Waals surface area contributed by atoms with Gasteiger partial charge in [-0.05, 0) is 117 Å². The summed E-state index contributed by atoms with van der Waals surface area (Å²) in [5.41, 5.74) is 16.2. The van der Waals surface area contributed by atoms with Gasteiger partial charge in [-0.1, -0.05) is 165 Å². The van der Waals surface area contributed by atoms with Gasteiger partial charge in [0.2, 0.25) is 0 Å². The average molecular weight is 946 g/mol. The SMILES string of the molecule is COCCOCCOCCC1(CCOCCOCCOC)c2cc(N(c3ccc(-c4ccccc4)cc3)c3ccc(-c4ccccc4)cc3)ccc2-c2ccc(C3(C)C=CC(c4ccccc4)=CC3)cc21. The monoisotopic (exact) mass is 945 g/mol. The third-order valence-corrected chi connectivity index (χ3v) is 14.2. The van der Waals surface area contributed by atoms with Crippen LogP contribution in [0.15, 0.2) is 194 Å². The summed E-state index contributed by atoms with van der Waals surface area (Å²) in [6.45, 7) is 7.68. The first-order valence-corrected chi connectivity index (χ1v) is 25.1. The van der Waals surface area contributed by atoms with E-state index >= 15 is 0 Å². The van der Waals surface area contributed by atoms with Gasteiger partial charge in [-0.3, -0.25) is 0 Å². The van der Waals surface area contributed by atoms with E-state index in [1.54, 1.807) is 14.2 Å². The van der Waals surface area contributed by atoms with Crippen LogP contribution in [0.3, 0.4) is 0 Å². The molecule has 0 radical (unpaired) electrons. The number of benzene rings is 7. The fourth-order valence-corrected chi connectivity index (χ4v) is 10.2. The van der Waals surface area contributed by atoms with Crippen molar-refractivity contribution in [2.45, 2.75) is 37.0 Å². The highest BCUT2D eigenvalue weighted by Gasteiger charge is 2.44. The lowest BCUT2D eigenvalue weighted by Gasteiger charge is -2.35. The largest absolute Gasteiger partial charge is 0.382 e. The van der Waals surface area contributed by atoms with Crippen molar-refractivity contribution in [1.82, 2.24) is 0 Å². The van der Waals surface area contributed by atoms with Crippen molar-refractivity contribution in [3.8, 4) is 33.4 Å². The van der Waals surface area contributed by atoms with Crippen molar-refractivity contribution < 1.29 is 28.4 Å². The van der Waals surface area contributed by atoms with Crippen LogP contribution in [-0.4, -0.2) is 80.3 Å². The molecule has 0 aliphatic heterocycles. The van der Waals surface area contributed by atoms with Crippen LogP contribution in [0, 0.1) is 0 Å². The van der Waals surface area contributed by atoms with Gasteiger partial charge in [-0.25, -0.2) is 0 Å². The Morgan fingerprint density at radius 3 is 1.32 bits per heavy atom. The molecule has 2 aliphatic carbocycles. The van der Waals surface area contributed by atoms with E-state index in [9.17, 15) is 0 Å². The molecule has 0 saturated carbocycles. The molecule has 0 spiro atoms. The van der Waals surface area contributed by atoms with E-state index in [0.29, 0.717) is 66.1 Å². The molecule has 7 aromatic rings. The highest BCUT2D eigenvalue weighted by Crippen LogP contribution is 2.55. The predicted octanol–water partition coefficient (Wildman–Crippen LogP) is 14.2. The minimum absolute atomic E-state index is 0.195. The van der Waals surface area contributed by atoms with Crippen LogP contribution in [0.25, 0.3) is 39.0 Å². The summed E-state index contributed by atoms with van der Waals surface area (Å²) in [7, 11) is 3.38. The van der Waals surface area contributed by atoms with Gasteiger partial charge in [0.05, 0.1) is 52.9 Å². The zero-order valence-electron chi connectivity index (χ0n) is 41.6. The van der Waals surface area contributed by atoms with Crippen molar-refractivity contribution in [3.05, 3.63) is 216 Å². The van der Waals surface area contributed by atoms with Crippen molar-refractivity contribution in [1.29, 1.82) is 0 Å². The second-order valence-corrected chi connectivity index (χ2v) is 18.6. The normalized spacial score (nSPS) is 15.6. The molecule has 0 fully saturated rings. The Kier molecular flexibility index (Phi) is 16.8. The first-order chi connectivity index (χ1) is 35.0. The Labute approximate surface area is 421 Å². The van der Waals surface area contributed by atoms with Crippen molar-refractivity contribution in [3.63, 3.8) is 0 Å². The molecule has 7 aromatic carbocycles. The molecule has 0 saturated heterocycles. The number of ether oxygens (including phenoxy) is 6. The van der Waals surface area contributed by atoms with Crippen LogP contribution in [0.4, 0.5) is 17.1 Å². The molecular weight excluding hydrogens is 879 g/mol. The number of fused-ring (bicyclic) bond motifs is 3. The maximum Gasteiger partial charge on any atom is 0.0701 e. The molecular formula is C64H67NO6. The van der Waals surface area contributed by atoms with E-state index in [0.717, 1.165) is 36.3 Å². The van der Waals surface area contributed by atoms with Gasteiger partial charge in [0.25, 0.3) is 0 Å². The van der Waals surface area contributed by atoms with E-state index in [2.05, 4.69) is 206 Å². The molecule has 2 aliphatic rings. The molecule has 0 heterocycles. The smallest absolute Gasteiger partial charge is 0.0701 e. The molecule has 0 aromatic heterocycles. The molecule has 9 rings (SSSR count). The van der Waals surface area contributed by atoms with Crippen LogP contribution >= 0.6 is 0 Å². The third-order valence-electron chi connectivity index (χ3n) is 14.2. The third kappa shape index (κ3) is 11.7. The minimum atomic E-state index is -0.440. The van der Waals surface area contributed by atoms with Crippen LogP contribution in [0.1, 0.15) is 48.4 Å². The summed E-state index contributed by atoms with van der Waals surface area (Å²) in [5.74, 6) is 0. The number of methoxy groups -OCH3 is 2. The van der Waals surface area contributed by atoms with E-state index in [4.69, 9.17) is 28.4 Å². The van der Waals surface area contributed by atoms with Gasteiger partial charge < -0.3 is 33.3 Å². The molecule has 7 nitrogen and oxygen atoms in total. The van der Waals surface area contributed by atoms with Gasteiger partial charge in [-0.15, -0.1) is 0 Å². The molecule has 7 heteroatoms. The molecule has 0 bridgehead atoms. The van der Waals surface area contributed by atoms with Gasteiger partial charge in [0.15, 0.2) is 0 Å². The Morgan fingerprint density at radius 1 is 0.423 bits per heavy atom. The topological polar surface area (TPSA) is 58.6 Å². The molecule has 71 heavy (non-hydrogen) atoms. The van der Waals surface area contributed by atoms with E-state index in [1.165, 1.54) is 61.2 Å². The second-order valence-electron chi connectivity index (χ2n) is 18.6. The number of allylic oxidation sites excluding steroid dienone is 4. The summed E-state index contributed by atoms with van der Waals surface area (Å²) in [6, 6.07) is 64.1. The lowest BCUT2D eigenvalue weighted by atomic mass is 9.70. The maximum atomic E-state index is 6.48. The van der Waals surface area contributed by atoms with Crippen LogP contribution < -0.4 is 4.90 Å². The Morgan fingerprint density at radius 2 is 0.845 bits per heavy atom. The van der Waals surface area contributed by atoms with Crippen LogP contribution in [0.5, 0.6) is 0 Å². The molecule has 1 atom stereocenters. The highest BCUT2D eigenvalue weighted by molar-refractivity contribution is 5.87. The summed E-state index contributed by atoms with van der Waals surface area (Å²) in [6.07, 6.45) is 9.52. The Balaban J connectivity index is 1.12. The van der Waals surface area contributed by atoms with Crippen molar-refractivity contribution in [2.24, 2.45) is 0 Å². The molecule has 364 valence electrons. The fourth-order valence-electron chi connectivity index (χ4n) is 10.2. The number of nitrogens with zero attached hydrogens (tertiary/aromatic N) is 1. The minimum Gasteiger partial charge on any atom is -0.382 e. The first-order valence-electron chi connectivity index (χ1n) is 25.1. The van der Waals surface area contributed by atoms with Crippen LogP contribution in [-0.2, 0) is 39.3 Å². The quantitative estimate of drug-likeness (QED) is 0.0529. The zero-order chi connectivity index (χ0) is 48.7. The standard InChI is InChI=1S/C64H67NO6/c1-63(33-31-54(32-34-63)51-17-11-6-12-18-51)55-23-29-59-60-30-28-58(48-62(60)64(61(59)47-55,35-37-68-43-45-70-41-39-66-2)36-38-69-44-46-71-42-40-67-3)65(56-24-19-52(20-25-56)49-13-7-4-8-14-49)57-26-21-53(22-27-57)50-15-9-5-10-16-50/h4-33,47-48H,34-46H2,1-3H3. The number of anilines is 3. The summed E-state index contributed by atoms with van der Waals surface area (Å²) in [4.78, 5) is 2.40. The van der Waals surface area contributed by atoms with Crippen LogP contribution in [0.2, 0.25) is 0 Å². The van der Waals surface area contributed by atoms with Crippen molar-refractivity contribution >= 4 is 22.6 Å². The van der Waals surface area contributed by atoms with Gasteiger partial charge in [0.1, 0.15) is 0 Å². The van der Waals surface area contributed by atoms with Gasteiger partial charge in [-0.2, -0.15) is 0 Å². The van der Waals surface area contributed by atoms with Gasteiger partial charge in [0, 0.05) is 55.3 Å². The van der Waals surface area contributed by atoms with E-state index in [1.807, 2.05) is 0 Å². The highest BCUT2D eigenvalue weighted by atomic mass is 16.5. The van der Waals surface area contributed by atoms with Gasteiger partial charge >= 0.3 is 0 Å². The second kappa shape index (κ2) is 24.1. The molecule has 0 N–H and O–H groups in total. The predicted molar refractivity (Wildman–Crippen MR) is 290 cm³/mol. The Bertz CT molecular complexity index is 2720. The van der Waals surface area contributed by atoms with Crippen molar-refractivity contribution in [2.75, 3.05) is 85.2 Å². The zero-order valence-corrected chi connectivity index (χ0v) is 41.6. The molecule has 1 unspecified atom stereocenters. The summed E-state index contributed by atoms with van der Waals surface area (Å²) >= 11 is 0. The molecule has 0 amide bonds. The van der Waals surface area contributed by atoms with E-state index < -0.39 is 5.41 Å². The Hall–Kier alpha value is -6.42. The summed E-state index contributed by atoms with van der Waals surface area (Å²) < 4.78 is 35.0. The lowest BCUT2D eigenvalue weighted by molar-refractivity contribution is 0.0145. The lowest BCUT2D eigenvalue weighted by Crippen LogP contribution is -2.31.